The highest BCUT2D eigenvalue weighted by Gasteiger charge is 2.31. The molecule has 7 aromatic carbocycles. The first-order valence-corrected chi connectivity index (χ1v) is 32.5. The minimum Gasteiger partial charge on any atom is -0.507 e. The topological polar surface area (TPSA) is 129 Å². The number of ether oxygens (including phenoxy) is 3. The standard InChI is InChI=1S/C81H104O8/c1-75(2,3)61-33-47-26-48-34-62(76(4,5)6)36-50(69(48)83)28-52-38-64(78(10,11)12)40-54(71(52)85)30-58-44-67(81(19,20)21)46-60-32-56-42-65(79(13,14)15)41-55(72(56)86)31-59-45-66(80(16,17)18)43-57(73(59)88-24-22-87-23-25-89-74(58)60)29-53-39-63(77(7,8)9)37-51(70(53)84)27-49(35-61)68(47)82/h33-46,82-86H,22-32H2,1-21H3. The zero-order chi connectivity index (χ0) is 65.5. The second-order valence-corrected chi connectivity index (χ2v) is 33.3. The summed E-state index contributed by atoms with van der Waals surface area (Å²) in [6.07, 6.45) is 2.11. The predicted molar refractivity (Wildman–Crippen MR) is 366 cm³/mol. The number of phenols is 5. The molecule has 0 spiro atoms. The molecule has 1 aliphatic carbocycles. The smallest absolute Gasteiger partial charge is 0.126 e. The van der Waals surface area contributed by atoms with Crippen molar-refractivity contribution in [2.24, 2.45) is 0 Å². The first-order chi connectivity index (χ1) is 41.0. The summed E-state index contributed by atoms with van der Waals surface area (Å²) >= 11 is 0. The first-order valence-electron chi connectivity index (χ1n) is 32.5. The lowest BCUT2D eigenvalue weighted by Crippen LogP contribution is -2.18. The van der Waals surface area contributed by atoms with E-state index in [9.17, 15) is 25.5 Å². The molecule has 5 N–H and O–H groups in total. The van der Waals surface area contributed by atoms with E-state index in [1.807, 2.05) is 0 Å². The van der Waals surface area contributed by atoms with Gasteiger partial charge in [0.2, 0.25) is 0 Å². The Morgan fingerprint density at radius 2 is 0.348 bits per heavy atom. The SMILES string of the molecule is CC(C)(C)c1cc2c(O)c(c1)Cc1cc(C(C)(C)C)cc(c1O)Cc1cc(C(C)(C)C)cc3c1OCCOCCOc1c(cc(C(C)(C)C)cc1Cc1cc(C(C)(C)C)cc(c1O)C3)Cc1cc(C(C)(C)C)cc(c1O)Cc1cc(C(C)(C)C)cc(c1O)C2. The van der Waals surface area contributed by atoms with Crippen molar-refractivity contribution in [2.75, 3.05) is 26.4 Å². The van der Waals surface area contributed by atoms with E-state index in [0.29, 0.717) is 70.6 Å². The maximum atomic E-state index is 13.0. The van der Waals surface area contributed by atoms with Crippen LogP contribution in [0.2, 0.25) is 0 Å². The van der Waals surface area contributed by atoms with Gasteiger partial charge >= 0.3 is 0 Å². The summed E-state index contributed by atoms with van der Waals surface area (Å²) in [5.74, 6) is 2.14. The number of benzene rings is 7. The van der Waals surface area contributed by atoms with Gasteiger partial charge in [-0.1, -0.05) is 230 Å². The molecule has 0 amide bonds. The van der Waals surface area contributed by atoms with Gasteiger partial charge in [0.05, 0.1) is 13.2 Å². The summed E-state index contributed by atoms with van der Waals surface area (Å²) in [4.78, 5) is 0. The summed E-state index contributed by atoms with van der Waals surface area (Å²) in [6, 6.07) is 30.0. The van der Waals surface area contributed by atoms with Gasteiger partial charge in [-0.25, -0.2) is 0 Å². The molecule has 2 heterocycles. The van der Waals surface area contributed by atoms with Crippen LogP contribution < -0.4 is 9.47 Å². The Kier molecular flexibility index (Phi) is 18.0. The van der Waals surface area contributed by atoms with E-state index in [1.54, 1.807) is 0 Å². The monoisotopic (exact) mass is 1200 g/mol. The molecule has 2 aliphatic heterocycles. The molecular weight excluding hydrogens is 1100 g/mol. The Balaban J connectivity index is 1.40. The molecule has 0 aromatic heterocycles. The van der Waals surface area contributed by atoms with Gasteiger partial charge in [-0.3, -0.25) is 0 Å². The van der Waals surface area contributed by atoms with Gasteiger partial charge in [0.1, 0.15) is 53.5 Å². The second kappa shape index (κ2) is 24.0. The van der Waals surface area contributed by atoms with Crippen molar-refractivity contribution in [3.63, 3.8) is 0 Å². The van der Waals surface area contributed by atoms with Crippen molar-refractivity contribution in [2.45, 2.75) is 228 Å². The van der Waals surface area contributed by atoms with Crippen molar-refractivity contribution in [3.05, 3.63) is 202 Å². The molecular formula is C81H104O8. The van der Waals surface area contributed by atoms with Crippen LogP contribution in [0.25, 0.3) is 0 Å². The highest BCUT2D eigenvalue weighted by Crippen LogP contribution is 2.46. The van der Waals surface area contributed by atoms with Gasteiger partial charge < -0.3 is 39.7 Å². The lowest BCUT2D eigenvalue weighted by Gasteiger charge is -2.28. The molecule has 16 bridgehead atoms. The molecule has 89 heavy (non-hydrogen) atoms. The van der Waals surface area contributed by atoms with E-state index in [2.05, 4.69) is 230 Å². The lowest BCUT2D eigenvalue weighted by molar-refractivity contribution is 0.0755. The molecule has 0 atom stereocenters. The van der Waals surface area contributed by atoms with E-state index in [-0.39, 0.29) is 112 Å². The predicted octanol–water partition coefficient (Wildman–Crippen LogP) is 18.5. The van der Waals surface area contributed by atoms with Crippen LogP contribution in [0.5, 0.6) is 40.2 Å². The molecule has 8 nitrogen and oxygen atoms in total. The van der Waals surface area contributed by atoms with Gasteiger partial charge in [0, 0.05) is 44.9 Å². The molecule has 8 heteroatoms. The van der Waals surface area contributed by atoms with E-state index in [4.69, 9.17) is 14.2 Å². The highest BCUT2D eigenvalue weighted by atomic mass is 16.5. The molecule has 10 rings (SSSR count). The fourth-order valence-corrected chi connectivity index (χ4v) is 12.5. The largest absolute Gasteiger partial charge is 0.507 e. The van der Waals surface area contributed by atoms with Crippen LogP contribution in [0, 0.1) is 0 Å². The average molecular weight is 1210 g/mol. The van der Waals surface area contributed by atoms with Gasteiger partial charge in [-0.2, -0.15) is 0 Å². The quantitative estimate of drug-likeness (QED) is 0.0950. The third-order valence-corrected chi connectivity index (χ3v) is 18.5. The maximum Gasteiger partial charge on any atom is 0.126 e. The highest BCUT2D eigenvalue weighted by molar-refractivity contribution is 5.62. The summed E-state index contributed by atoms with van der Waals surface area (Å²) < 4.78 is 20.5. The van der Waals surface area contributed by atoms with Gasteiger partial charge in [0.15, 0.2) is 0 Å². The average Bonchev–Trinajstić information content (AvgIpc) is 0.819. The van der Waals surface area contributed by atoms with Crippen molar-refractivity contribution < 1.29 is 39.7 Å². The number of hydrogen-bond acceptors (Lipinski definition) is 8. The van der Waals surface area contributed by atoms with Crippen molar-refractivity contribution in [1.82, 2.24) is 0 Å². The van der Waals surface area contributed by atoms with E-state index in [1.165, 1.54) is 0 Å². The number of aromatic hydroxyl groups is 5. The Bertz CT molecular complexity index is 3580. The van der Waals surface area contributed by atoms with E-state index < -0.39 is 0 Å². The van der Waals surface area contributed by atoms with Crippen LogP contribution in [0.4, 0.5) is 0 Å². The number of rotatable bonds is 0. The van der Waals surface area contributed by atoms with E-state index >= 15 is 0 Å². The molecule has 0 saturated carbocycles. The molecule has 0 saturated heterocycles. The fraction of sp³-hybridized carbons (Fsp3) is 0.481. The third-order valence-electron chi connectivity index (χ3n) is 18.5. The van der Waals surface area contributed by atoms with Crippen LogP contribution in [0.1, 0.15) is 262 Å². The Morgan fingerprint density at radius 3 is 0.494 bits per heavy atom. The second-order valence-electron chi connectivity index (χ2n) is 33.3. The molecule has 3 aliphatic rings. The third kappa shape index (κ3) is 14.8. The number of fused-ring (bicyclic) bond motifs is 6. The zero-order valence-electron chi connectivity index (χ0n) is 57.8. The minimum atomic E-state index is -0.325. The Morgan fingerprint density at radius 1 is 0.213 bits per heavy atom. The summed E-state index contributed by atoms with van der Waals surface area (Å²) in [7, 11) is 0. The Hall–Kier alpha value is -6.90. The molecule has 7 aromatic rings. The summed E-state index contributed by atoms with van der Waals surface area (Å²) in [5, 5.41) is 64.5. The maximum absolute atomic E-state index is 13.0. The minimum absolute atomic E-state index is 0.119. The number of hydrogen-bond donors (Lipinski definition) is 5. The molecule has 476 valence electrons. The van der Waals surface area contributed by atoms with Crippen LogP contribution in [-0.4, -0.2) is 52.0 Å². The van der Waals surface area contributed by atoms with E-state index in [0.717, 1.165) is 83.5 Å². The van der Waals surface area contributed by atoms with Gasteiger partial charge in [-0.05, 0) is 155 Å². The normalized spacial score (nSPS) is 15.1. The molecule has 0 fully saturated rings. The summed E-state index contributed by atoms with van der Waals surface area (Å²) in [5.41, 5.74) is 16.0. The molecule has 0 radical (unpaired) electrons. The number of phenolic OH excluding ortho intramolecular Hbond substituents is 5. The Labute approximate surface area is 533 Å². The van der Waals surface area contributed by atoms with Crippen LogP contribution >= 0.6 is 0 Å². The zero-order valence-corrected chi connectivity index (χ0v) is 57.8. The summed E-state index contributed by atoms with van der Waals surface area (Å²) in [6.45, 7) is 47.1. The van der Waals surface area contributed by atoms with Crippen LogP contribution in [-0.2, 0) is 87.6 Å². The fourth-order valence-electron chi connectivity index (χ4n) is 12.5. The first kappa shape index (κ1) is 66.5. The lowest BCUT2D eigenvalue weighted by atomic mass is 9.79. The van der Waals surface area contributed by atoms with Crippen LogP contribution in [0.15, 0.2) is 84.9 Å². The van der Waals surface area contributed by atoms with Crippen molar-refractivity contribution in [3.8, 4) is 40.2 Å². The molecule has 0 unspecified atom stereocenters. The van der Waals surface area contributed by atoms with Gasteiger partial charge in [0.25, 0.3) is 0 Å². The van der Waals surface area contributed by atoms with Crippen molar-refractivity contribution >= 4 is 0 Å². The van der Waals surface area contributed by atoms with Gasteiger partial charge in [-0.15, -0.1) is 0 Å². The van der Waals surface area contributed by atoms with Crippen molar-refractivity contribution in [1.29, 1.82) is 0 Å². The van der Waals surface area contributed by atoms with Crippen LogP contribution in [0.3, 0.4) is 0 Å².